The maximum Gasteiger partial charge on any atom is 0.337 e. The summed E-state index contributed by atoms with van der Waals surface area (Å²) >= 11 is 1.33. The zero-order valence-electron chi connectivity index (χ0n) is 16.6. The number of methoxy groups -OCH3 is 1. The molecule has 31 heavy (non-hydrogen) atoms. The molecule has 0 aliphatic heterocycles. The predicted octanol–water partition coefficient (Wildman–Crippen LogP) is 5.64. The highest BCUT2D eigenvalue weighted by Gasteiger charge is 2.11. The second kappa shape index (κ2) is 9.23. The molecule has 0 atom stereocenters. The standard InChI is InChI=1S/C24H18N2O4S/c1-29-23(28)18-9-7-16(8-10-18)21-15-31-24(25-21)26-22(27)17-11-13-20(14-12-17)30-19-5-3-2-4-6-19/h2-15H,1H3,(H,25,26,27). The van der Waals surface area contributed by atoms with Crippen molar-refractivity contribution in [3.05, 3.63) is 95.4 Å². The largest absolute Gasteiger partial charge is 0.465 e. The molecule has 0 fully saturated rings. The number of nitrogens with one attached hydrogen (secondary N) is 1. The van der Waals surface area contributed by atoms with Crippen molar-refractivity contribution in [3.63, 3.8) is 0 Å². The number of ether oxygens (including phenoxy) is 2. The Hall–Kier alpha value is -3.97. The van der Waals surface area contributed by atoms with E-state index in [2.05, 4.69) is 10.3 Å². The molecule has 3 aromatic carbocycles. The van der Waals surface area contributed by atoms with Gasteiger partial charge in [0.15, 0.2) is 5.13 Å². The number of rotatable bonds is 6. The van der Waals surface area contributed by atoms with Gasteiger partial charge in [-0.2, -0.15) is 0 Å². The first-order chi connectivity index (χ1) is 15.1. The minimum Gasteiger partial charge on any atom is -0.465 e. The average Bonchev–Trinajstić information content (AvgIpc) is 3.28. The van der Waals surface area contributed by atoms with Gasteiger partial charge in [0.1, 0.15) is 11.5 Å². The fourth-order valence-corrected chi connectivity index (χ4v) is 3.54. The summed E-state index contributed by atoms with van der Waals surface area (Å²) in [5, 5.41) is 5.14. The number of hydrogen-bond donors (Lipinski definition) is 1. The molecular weight excluding hydrogens is 412 g/mol. The number of benzene rings is 3. The molecule has 0 saturated heterocycles. The van der Waals surface area contributed by atoms with Gasteiger partial charge in [0, 0.05) is 16.5 Å². The summed E-state index contributed by atoms with van der Waals surface area (Å²) in [6.07, 6.45) is 0. The quantitative estimate of drug-likeness (QED) is 0.401. The molecule has 1 aromatic heterocycles. The molecule has 1 amide bonds. The van der Waals surface area contributed by atoms with Crippen LogP contribution < -0.4 is 10.1 Å². The van der Waals surface area contributed by atoms with Crippen LogP contribution in [0.4, 0.5) is 5.13 Å². The van der Waals surface area contributed by atoms with Crippen LogP contribution in [-0.4, -0.2) is 24.0 Å². The molecule has 0 aliphatic rings. The minimum absolute atomic E-state index is 0.256. The molecule has 0 spiro atoms. The van der Waals surface area contributed by atoms with E-state index in [4.69, 9.17) is 9.47 Å². The summed E-state index contributed by atoms with van der Waals surface area (Å²) in [5.74, 6) is 0.732. The van der Waals surface area contributed by atoms with Crippen LogP contribution in [0, 0.1) is 0 Å². The van der Waals surface area contributed by atoms with E-state index in [0.29, 0.717) is 27.7 Å². The lowest BCUT2D eigenvalue weighted by Gasteiger charge is -2.06. The van der Waals surface area contributed by atoms with E-state index in [1.807, 2.05) is 35.7 Å². The molecule has 0 unspecified atom stereocenters. The highest BCUT2D eigenvalue weighted by molar-refractivity contribution is 7.14. The molecule has 0 bridgehead atoms. The normalized spacial score (nSPS) is 10.4. The molecule has 4 rings (SSSR count). The maximum absolute atomic E-state index is 12.5. The average molecular weight is 430 g/mol. The van der Waals surface area contributed by atoms with Crippen molar-refractivity contribution in [2.24, 2.45) is 0 Å². The van der Waals surface area contributed by atoms with Crippen molar-refractivity contribution in [2.45, 2.75) is 0 Å². The summed E-state index contributed by atoms with van der Waals surface area (Å²) in [6, 6.07) is 23.3. The Labute approximate surface area is 183 Å². The molecule has 7 heteroatoms. The number of carbonyl (C=O) groups excluding carboxylic acids is 2. The van der Waals surface area contributed by atoms with Crippen LogP contribution >= 0.6 is 11.3 Å². The van der Waals surface area contributed by atoms with Crippen LogP contribution in [0.3, 0.4) is 0 Å². The summed E-state index contributed by atoms with van der Waals surface area (Å²) in [4.78, 5) is 28.5. The van der Waals surface area contributed by atoms with Crippen LogP contribution in [0.25, 0.3) is 11.3 Å². The van der Waals surface area contributed by atoms with Gasteiger partial charge in [-0.25, -0.2) is 9.78 Å². The van der Waals surface area contributed by atoms with Gasteiger partial charge in [0.2, 0.25) is 0 Å². The highest BCUT2D eigenvalue weighted by Crippen LogP contribution is 2.26. The van der Waals surface area contributed by atoms with E-state index in [-0.39, 0.29) is 5.91 Å². The number of nitrogens with zero attached hydrogens (tertiary/aromatic N) is 1. The fourth-order valence-electron chi connectivity index (χ4n) is 2.83. The summed E-state index contributed by atoms with van der Waals surface area (Å²) < 4.78 is 10.4. The van der Waals surface area contributed by atoms with Gasteiger partial charge in [-0.05, 0) is 48.5 Å². The lowest BCUT2D eigenvalue weighted by Crippen LogP contribution is -2.11. The second-order valence-electron chi connectivity index (χ2n) is 6.50. The Morgan fingerprint density at radius 1 is 0.839 bits per heavy atom. The highest BCUT2D eigenvalue weighted by atomic mass is 32.1. The summed E-state index contributed by atoms with van der Waals surface area (Å²) in [6.45, 7) is 0. The third kappa shape index (κ3) is 4.96. The van der Waals surface area contributed by atoms with E-state index in [9.17, 15) is 9.59 Å². The van der Waals surface area contributed by atoms with Crippen LogP contribution in [0.5, 0.6) is 11.5 Å². The van der Waals surface area contributed by atoms with Gasteiger partial charge < -0.3 is 9.47 Å². The minimum atomic E-state index is -0.391. The second-order valence-corrected chi connectivity index (χ2v) is 7.36. The van der Waals surface area contributed by atoms with Crippen molar-refractivity contribution in [1.82, 2.24) is 4.98 Å². The van der Waals surface area contributed by atoms with Crippen LogP contribution in [0.15, 0.2) is 84.2 Å². The number of esters is 1. The Morgan fingerprint density at radius 2 is 1.48 bits per heavy atom. The molecular formula is C24H18N2O4S. The number of para-hydroxylation sites is 1. The number of carbonyl (C=O) groups is 2. The Kier molecular flexibility index (Phi) is 6.05. The van der Waals surface area contributed by atoms with E-state index < -0.39 is 5.97 Å². The first kappa shape index (κ1) is 20.3. The first-order valence-electron chi connectivity index (χ1n) is 9.41. The first-order valence-corrected chi connectivity index (χ1v) is 10.3. The van der Waals surface area contributed by atoms with E-state index in [0.717, 1.165) is 11.3 Å². The molecule has 0 saturated carbocycles. The van der Waals surface area contributed by atoms with Crippen molar-refractivity contribution in [2.75, 3.05) is 12.4 Å². The van der Waals surface area contributed by atoms with Crippen molar-refractivity contribution >= 4 is 28.3 Å². The molecule has 1 heterocycles. The van der Waals surface area contributed by atoms with E-state index in [1.54, 1.807) is 48.5 Å². The summed E-state index contributed by atoms with van der Waals surface area (Å²) in [7, 11) is 1.34. The zero-order chi connectivity index (χ0) is 21.6. The topological polar surface area (TPSA) is 77.5 Å². The number of amides is 1. The molecule has 1 N–H and O–H groups in total. The summed E-state index contributed by atoms with van der Waals surface area (Å²) in [5.41, 5.74) is 2.52. The smallest absolute Gasteiger partial charge is 0.337 e. The monoisotopic (exact) mass is 430 g/mol. The van der Waals surface area contributed by atoms with Gasteiger partial charge in [0.25, 0.3) is 5.91 Å². The third-order valence-corrected chi connectivity index (χ3v) is 5.18. The van der Waals surface area contributed by atoms with Gasteiger partial charge >= 0.3 is 5.97 Å². The van der Waals surface area contributed by atoms with E-state index >= 15 is 0 Å². The third-order valence-electron chi connectivity index (χ3n) is 4.42. The van der Waals surface area contributed by atoms with Gasteiger partial charge in [-0.3, -0.25) is 10.1 Å². The molecule has 0 radical (unpaired) electrons. The fraction of sp³-hybridized carbons (Fsp3) is 0.0417. The Balaban J connectivity index is 1.40. The lowest BCUT2D eigenvalue weighted by atomic mass is 10.1. The molecule has 0 aliphatic carbocycles. The zero-order valence-corrected chi connectivity index (χ0v) is 17.4. The SMILES string of the molecule is COC(=O)c1ccc(-c2csc(NC(=O)c3ccc(Oc4ccccc4)cc3)n2)cc1. The van der Waals surface area contributed by atoms with Crippen LogP contribution in [0.1, 0.15) is 20.7 Å². The Bertz CT molecular complexity index is 1190. The van der Waals surface area contributed by atoms with Gasteiger partial charge in [0.05, 0.1) is 18.4 Å². The predicted molar refractivity (Wildman–Crippen MR) is 120 cm³/mol. The lowest BCUT2D eigenvalue weighted by molar-refractivity contribution is 0.0600. The molecule has 6 nitrogen and oxygen atoms in total. The molecule has 154 valence electrons. The number of hydrogen-bond acceptors (Lipinski definition) is 6. The number of anilines is 1. The van der Waals surface area contributed by atoms with E-state index in [1.165, 1.54) is 18.4 Å². The van der Waals surface area contributed by atoms with Crippen LogP contribution in [-0.2, 0) is 4.74 Å². The van der Waals surface area contributed by atoms with Crippen LogP contribution in [0.2, 0.25) is 0 Å². The number of aromatic nitrogens is 1. The van der Waals surface area contributed by atoms with Crippen molar-refractivity contribution < 1.29 is 19.1 Å². The van der Waals surface area contributed by atoms with Gasteiger partial charge in [-0.1, -0.05) is 30.3 Å². The molecule has 4 aromatic rings. The van der Waals surface area contributed by atoms with Crippen molar-refractivity contribution in [3.8, 4) is 22.8 Å². The maximum atomic E-state index is 12.5. The Morgan fingerprint density at radius 3 is 2.16 bits per heavy atom. The van der Waals surface area contributed by atoms with Gasteiger partial charge in [-0.15, -0.1) is 11.3 Å². The number of thiazole rings is 1. The van der Waals surface area contributed by atoms with Crippen molar-refractivity contribution in [1.29, 1.82) is 0 Å².